The average Bonchev–Trinajstić information content (AvgIpc) is 2.97. The maximum absolute atomic E-state index is 12.9. The Labute approximate surface area is 127 Å². The molecule has 0 bridgehead atoms. The molecule has 2 aromatic heterocycles. The van der Waals surface area contributed by atoms with Gasteiger partial charge in [0.25, 0.3) is 5.56 Å². The summed E-state index contributed by atoms with van der Waals surface area (Å²) < 4.78 is 6.92. The quantitative estimate of drug-likeness (QED) is 0.721. The minimum atomic E-state index is -0.0120. The fourth-order valence-electron chi connectivity index (χ4n) is 2.81. The summed E-state index contributed by atoms with van der Waals surface area (Å²) in [6, 6.07) is 7.85. The standard InChI is InChI=1S/C16H20N4O2/c1-22-10-7-12-14-15(19-18-12)11-5-2-3-6-13(11)20(16(14)21)9-4-8-17/h2-3,5-6H,4,7-10,17H2,1H3,(H,18,19). The van der Waals surface area contributed by atoms with Gasteiger partial charge in [0.1, 0.15) is 5.52 Å². The summed E-state index contributed by atoms with van der Waals surface area (Å²) in [4.78, 5) is 12.9. The van der Waals surface area contributed by atoms with E-state index in [2.05, 4.69) is 10.2 Å². The molecule has 0 amide bonds. The van der Waals surface area contributed by atoms with E-state index in [4.69, 9.17) is 10.5 Å². The van der Waals surface area contributed by atoms with Crippen LogP contribution < -0.4 is 11.3 Å². The fourth-order valence-corrected chi connectivity index (χ4v) is 2.81. The first kappa shape index (κ1) is 14.7. The molecule has 0 aliphatic carbocycles. The molecule has 0 aliphatic rings. The third-order valence-electron chi connectivity index (χ3n) is 3.89. The van der Waals surface area contributed by atoms with Crippen molar-refractivity contribution < 1.29 is 4.74 Å². The summed E-state index contributed by atoms with van der Waals surface area (Å²) in [5.74, 6) is 0. The molecule has 0 unspecified atom stereocenters. The minimum absolute atomic E-state index is 0.0120. The van der Waals surface area contributed by atoms with E-state index in [-0.39, 0.29) is 5.56 Å². The number of aryl methyl sites for hydroxylation is 1. The third kappa shape index (κ3) is 2.40. The Morgan fingerprint density at radius 1 is 1.36 bits per heavy atom. The average molecular weight is 300 g/mol. The molecule has 3 aromatic rings. The van der Waals surface area contributed by atoms with Crippen molar-refractivity contribution in [1.29, 1.82) is 0 Å². The second-order valence-electron chi connectivity index (χ2n) is 5.28. The van der Waals surface area contributed by atoms with Gasteiger partial charge in [0, 0.05) is 25.5 Å². The van der Waals surface area contributed by atoms with Crippen molar-refractivity contribution in [2.45, 2.75) is 19.4 Å². The smallest absolute Gasteiger partial charge is 0.262 e. The first-order valence-corrected chi connectivity index (χ1v) is 7.45. The van der Waals surface area contributed by atoms with Crippen LogP contribution in [-0.4, -0.2) is 35.0 Å². The Kier molecular flexibility index (Phi) is 4.22. The topological polar surface area (TPSA) is 85.9 Å². The van der Waals surface area contributed by atoms with E-state index in [0.29, 0.717) is 31.5 Å². The van der Waals surface area contributed by atoms with Crippen molar-refractivity contribution in [3.8, 4) is 0 Å². The largest absolute Gasteiger partial charge is 0.384 e. The number of H-pyrrole nitrogens is 1. The highest BCUT2D eigenvalue weighted by Gasteiger charge is 2.16. The van der Waals surface area contributed by atoms with Gasteiger partial charge in [0.2, 0.25) is 0 Å². The molecular formula is C16H20N4O2. The Morgan fingerprint density at radius 3 is 2.95 bits per heavy atom. The first-order chi connectivity index (χ1) is 10.8. The van der Waals surface area contributed by atoms with Crippen molar-refractivity contribution in [2.75, 3.05) is 20.3 Å². The number of fused-ring (bicyclic) bond motifs is 3. The molecule has 0 fully saturated rings. The number of hydrogen-bond donors (Lipinski definition) is 2. The summed E-state index contributed by atoms with van der Waals surface area (Å²) >= 11 is 0. The third-order valence-corrected chi connectivity index (χ3v) is 3.89. The molecule has 2 heterocycles. The molecule has 116 valence electrons. The predicted octanol–water partition coefficient (Wildman–Crippen LogP) is 1.42. The molecular weight excluding hydrogens is 280 g/mol. The van der Waals surface area contributed by atoms with Crippen LogP contribution in [-0.2, 0) is 17.7 Å². The van der Waals surface area contributed by atoms with Crippen LogP contribution in [0, 0.1) is 0 Å². The van der Waals surface area contributed by atoms with Crippen molar-refractivity contribution >= 4 is 21.8 Å². The lowest BCUT2D eigenvalue weighted by Gasteiger charge is -2.10. The molecule has 3 N–H and O–H groups in total. The van der Waals surface area contributed by atoms with Gasteiger partial charge in [-0.1, -0.05) is 18.2 Å². The van der Waals surface area contributed by atoms with E-state index in [1.54, 1.807) is 11.7 Å². The highest BCUT2D eigenvalue weighted by molar-refractivity contribution is 6.03. The molecule has 0 saturated heterocycles. The summed E-state index contributed by atoms with van der Waals surface area (Å²) in [5.41, 5.74) is 8.06. The van der Waals surface area contributed by atoms with Crippen LogP contribution in [0.4, 0.5) is 0 Å². The molecule has 0 saturated carbocycles. The van der Waals surface area contributed by atoms with Crippen molar-refractivity contribution in [1.82, 2.24) is 14.8 Å². The fraction of sp³-hybridized carbons (Fsp3) is 0.375. The van der Waals surface area contributed by atoms with E-state index < -0.39 is 0 Å². The molecule has 0 spiro atoms. The Hall–Kier alpha value is -2.18. The molecule has 0 aliphatic heterocycles. The number of ether oxygens (including phenoxy) is 1. The number of nitrogens with zero attached hydrogens (tertiary/aromatic N) is 2. The van der Waals surface area contributed by atoms with Gasteiger partial charge < -0.3 is 15.0 Å². The normalized spacial score (nSPS) is 11.5. The summed E-state index contributed by atoms with van der Waals surface area (Å²) in [6.45, 7) is 1.72. The van der Waals surface area contributed by atoms with Gasteiger partial charge >= 0.3 is 0 Å². The number of para-hydroxylation sites is 1. The Bertz CT molecular complexity index is 850. The van der Waals surface area contributed by atoms with Crippen LogP contribution in [0.1, 0.15) is 12.1 Å². The number of aromatic nitrogens is 3. The maximum Gasteiger partial charge on any atom is 0.262 e. The van der Waals surface area contributed by atoms with Crippen LogP contribution in [0.25, 0.3) is 21.8 Å². The number of benzene rings is 1. The molecule has 0 atom stereocenters. The van der Waals surface area contributed by atoms with E-state index in [1.807, 2.05) is 24.3 Å². The van der Waals surface area contributed by atoms with Gasteiger partial charge in [-0.2, -0.15) is 5.10 Å². The number of hydrogen-bond acceptors (Lipinski definition) is 4. The lowest BCUT2D eigenvalue weighted by atomic mass is 10.1. The highest BCUT2D eigenvalue weighted by atomic mass is 16.5. The van der Waals surface area contributed by atoms with Gasteiger partial charge in [-0.15, -0.1) is 0 Å². The van der Waals surface area contributed by atoms with Gasteiger partial charge in [-0.25, -0.2) is 0 Å². The van der Waals surface area contributed by atoms with Crippen molar-refractivity contribution in [3.63, 3.8) is 0 Å². The number of aromatic amines is 1. The lowest BCUT2D eigenvalue weighted by Crippen LogP contribution is -2.22. The monoisotopic (exact) mass is 300 g/mol. The first-order valence-electron chi connectivity index (χ1n) is 7.45. The molecule has 6 nitrogen and oxygen atoms in total. The van der Waals surface area contributed by atoms with Gasteiger partial charge in [0.15, 0.2) is 0 Å². The zero-order chi connectivity index (χ0) is 15.5. The van der Waals surface area contributed by atoms with Crippen LogP contribution >= 0.6 is 0 Å². The predicted molar refractivity (Wildman–Crippen MR) is 87.1 cm³/mol. The number of nitrogens with two attached hydrogens (primary N) is 1. The number of nitrogens with one attached hydrogen (secondary N) is 1. The van der Waals surface area contributed by atoms with E-state index in [0.717, 1.165) is 28.5 Å². The zero-order valence-electron chi connectivity index (χ0n) is 12.6. The van der Waals surface area contributed by atoms with Crippen LogP contribution in [0.2, 0.25) is 0 Å². The van der Waals surface area contributed by atoms with Gasteiger partial charge in [-0.05, 0) is 19.0 Å². The molecule has 1 aromatic carbocycles. The van der Waals surface area contributed by atoms with E-state index in [9.17, 15) is 4.79 Å². The summed E-state index contributed by atoms with van der Waals surface area (Å²) in [6.07, 6.45) is 1.40. The van der Waals surface area contributed by atoms with Crippen LogP contribution in [0.3, 0.4) is 0 Å². The number of rotatable bonds is 6. The second-order valence-corrected chi connectivity index (χ2v) is 5.28. The van der Waals surface area contributed by atoms with Crippen molar-refractivity contribution in [2.24, 2.45) is 5.73 Å². The minimum Gasteiger partial charge on any atom is -0.384 e. The van der Waals surface area contributed by atoms with Gasteiger partial charge in [0.05, 0.1) is 23.2 Å². The number of pyridine rings is 1. The molecule has 3 rings (SSSR count). The number of methoxy groups -OCH3 is 1. The van der Waals surface area contributed by atoms with Crippen LogP contribution in [0.5, 0.6) is 0 Å². The van der Waals surface area contributed by atoms with Crippen molar-refractivity contribution in [3.05, 3.63) is 40.3 Å². The maximum atomic E-state index is 12.9. The van der Waals surface area contributed by atoms with Crippen LogP contribution in [0.15, 0.2) is 29.1 Å². The van der Waals surface area contributed by atoms with E-state index >= 15 is 0 Å². The lowest BCUT2D eigenvalue weighted by molar-refractivity contribution is 0.201. The summed E-state index contributed by atoms with van der Waals surface area (Å²) in [7, 11) is 1.65. The highest BCUT2D eigenvalue weighted by Crippen LogP contribution is 2.23. The molecule has 0 radical (unpaired) electrons. The summed E-state index contributed by atoms with van der Waals surface area (Å²) in [5, 5.41) is 9.00. The molecule has 22 heavy (non-hydrogen) atoms. The zero-order valence-corrected chi connectivity index (χ0v) is 12.6. The Balaban J connectivity index is 2.29. The second kappa shape index (κ2) is 6.29. The van der Waals surface area contributed by atoms with Gasteiger partial charge in [-0.3, -0.25) is 9.89 Å². The Morgan fingerprint density at radius 2 is 2.18 bits per heavy atom. The SMILES string of the molecule is COCCc1[nH]nc2c1c(=O)n(CCCN)c1ccccc21. The molecule has 6 heteroatoms. The van der Waals surface area contributed by atoms with E-state index in [1.165, 1.54) is 0 Å².